The molecule has 0 aliphatic carbocycles. The van der Waals surface area contributed by atoms with Crippen LogP contribution in [0.4, 0.5) is 0 Å². The fourth-order valence-electron chi connectivity index (χ4n) is 3.73. The van der Waals surface area contributed by atoms with E-state index in [-0.39, 0.29) is 33.0 Å². The van der Waals surface area contributed by atoms with E-state index in [1.807, 2.05) is 0 Å². The van der Waals surface area contributed by atoms with E-state index in [1.165, 1.54) is 12.1 Å². The second kappa shape index (κ2) is 11.9. The van der Waals surface area contributed by atoms with Crippen molar-refractivity contribution < 1.29 is 14.3 Å². The van der Waals surface area contributed by atoms with Crippen molar-refractivity contribution in [2.75, 3.05) is 0 Å². The highest BCUT2D eigenvalue weighted by Crippen LogP contribution is 2.41. The zero-order valence-electron chi connectivity index (χ0n) is 22.0. The molecule has 0 radical (unpaired) electrons. The number of rotatable bonds is 8. The molecule has 0 bridgehead atoms. The lowest BCUT2D eigenvalue weighted by Crippen LogP contribution is -2.33. The van der Waals surface area contributed by atoms with Gasteiger partial charge in [-0.05, 0) is 46.8 Å². The predicted molar refractivity (Wildman–Crippen MR) is 154 cm³/mol. The number of aromatic nitrogens is 3. The molecule has 1 unspecified atom stereocenters. The molecule has 0 fully saturated rings. The number of carbonyl (C=O) groups excluding carboxylic acids is 2. The largest absolute Gasteiger partial charge is 0.460 e. The average molecular weight is 592 g/mol. The van der Waals surface area contributed by atoms with Gasteiger partial charge in [0.25, 0.3) is 5.56 Å². The normalized spacial score (nSPS) is 12.6. The van der Waals surface area contributed by atoms with E-state index in [2.05, 4.69) is 10.1 Å². The van der Waals surface area contributed by atoms with Crippen molar-refractivity contribution in [1.82, 2.24) is 14.8 Å². The average Bonchev–Trinajstić information content (AvgIpc) is 2.81. The van der Waals surface area contributed by atoms with Gasteiger partial charge in [-0.1, -0.05) is 65.3 Å². The van der Waals surface area contributed by atoms with Crippen molar-refractivity contribution in [2.45, 2.75) is 57.3 Å². The van der Waals surface area contributed by atoms with Crippen molar-refractivity contribution in [2.24, 2.45) is 0 Å². The Kier molecular flexibility index (Phi) is 9.25. The van der Waals surface area contributed by atoms with E-state index in [0.29, 0.717) is 11.1 Å². The lowest BCUT2D eigenvalue weighted by molar-refractivity contribution is -0.154. The first kappa shape index (κ1) is 30.3. The van der Waals surface area contributed by atoms with Gasteiger partial charge in [-0.3, -0.25) is 24.8 Å². The quantitative estimate of drug-likeness (QED) is 0.159. The number of nitrogens with one attached hydrogen (secondary N) is 2. The minimum absolute atomic E-state index is 0.0382. The third kappa shape index (κ3) is 7.46. The molecule has 2 N–H and O–H groups in total. The Labute approximate surface area is 239 Å². The van der Waals surface area contributed by atoms with Crippen LogP contribution in [0.15, 0.2) is 58.3 Å². The first-order chi connectivity index (χ1) is 18.1. The molecule has 0 amide bonds. The topological polar surface area (TPSA) is 135 Å². The molecule has 1 aromatic heterocycles. The van der Waals surface area contributed by atoms with Crippen LogP contribution in [0.25, 0.3) is 5.69 Å². The number of thioether (sulfide) groups is 1. The number of aromatic amines is 1. The van der Waals surface area contributed by atoms with Crippen molar-refractivity contribution in [1.29, 1.82) is 5.41 Å². The Morgan fingerprint density at radius 3 is 2.21 bits per heavy atom. The molecule has 3 rings (SSSR count). The van der Waals surface area contributed by atoms with Gasteiger partial charge in [0.1, 0.15) is 11.8 Å². The minimum atomic E-state index is -1.09. The first-order valence-electron chi connectivity index (χ1n) is 11.9. The monoisotopic (exact) mass is 590 g/mol. The van der Waals surface area contributed by atoms with Crippen molar-refractivity contribution in [3.63, 3.8) is 0 Å². The van der Waals surface area contributed by atoms with Gasteiger partial charge in [-0.15, -0.1) is 0 Å². The van der Waals surface area contributed by atoms with Gasteiger partial charge in [-0.2, -0.15) is 9.78 Å². The van der Waals surface area contributed by atoms with Gasteiger partial charge in [0.2, 0.25) is 0 Å². The second-order valence-electron chi connectivity index (χ2n) is 10.2. The third-order valence-corrected chi connectivity index (χ3v) is 7.57. The van der Waals surface area contributed by atoms with Gasteiger partial charge in [0.15, 0.2) is 5.78 Å². The maximum absolute atomic E-state index is 13.4. The molecular weight excluding hydrogens is 563 g/mol. The van der Waals surface area contributed by atoms with Crippen molar-refractivity contribution >= 4 is 51.8 Å². The number of ether oxygens (including phenoxy) is 1. The van der Waals surface area contributed by atoms with Crippen LogP contribution in [-0.2, 0) is 14.9 Å². The number of benzene rings is 2. The van der Waals surface area contributed by atoms with Gasteiger partial charge in [0, 0.05) is 26.6 Å². The van der Waals surface area contributed by atoms with Crippen LogP contribution in [0.2, 0.25) is 10.0 Å². The van der Waals surface area contributed by atoms with Gasteiger partial charge < -0.3 is 4.74 Å². The number of nitrogens with zero attached hydrogens (tertiary/aromatic N) is 2. The lowest BCUT2D eigenvalue weighted by atomic mass is 9.85. The highest BCUT2D eigenvalue weighted by molar-refractivity contribution is 8.15. The molecule has 3 aromatic rings. The first-order valence-corrected chi connectivity index (χ1v) is 13.5. The summed E-state index contributed by atoms with van der Waals surface area (Å²) in [5.74, 6) is -0.878. The van der Waals surface area contributed by atoms with Gasteiger partial charge in [-0.25, -0.2) is 4.79 Å². The zero-order chi connectivity index (χ0) is 29.1. The van der Waals surface area contributed by atoms with Gasteiger partial charge >= 0.3 is 11.7 Å². The van der Waals surface area contributed by atoms with E-state index >= 15 is 0 Å². The number of halogens is 2. The Hall–Kier alpha value is -3.21. The van der Waals surface area contributed by atoms with E-state index in [9.17, 15) is 19.2 Å². The molecule has 0 saturated carbocycles. The smallest absolute Gasteiger partial charge is 0.349 e. The molecule has 12 heteroatoms. The predicted octanol–water partition coefficient (Wildman–Crippen LogP) is 5.20. The number of H-pyrrole nitrogens is 1. The maximum Gasteiger partial charge on any atom is 0.349 e. The summed E-state index contributed by atoms with van der Waals surface area (Å²) < 4.78 is 6.38. The third-order valence-electron chi connectivity index (χ3n) is 5.56. The molecule has 206 valence electrons. The highest BCUT2D eigenvalue weighted by Gasteiger charge is 2.36. The summed E-state index contributed by atoms with van der Waals surface area (Å²) in [5.41, 5.74) is -2.25. The molecule has 0 aliphatic heterocycles. The standard InChI is InChI=1S/C27H28Cl2N4O5S/c1-26(2,3)38-21(35)13-19(23(36)15-9-7-6-8-10-15)39-24(30)27(4,5)22-17(28)11-16(12-18(22)29)33-25(37)32-20(34)14-31-33/h6-12,14,19,30H,13H2,1-5H3,(H,32,34,37). The zero-order valence-corrected chi connectivity index (χ0v) is 24.3. The fraction of sp³-hybridized carbons (Fsp3) is 0.333. The summed E-state index contributed by atoms with van der Waals surface area (Å²) in [6.45, 7) is 8.65. The van der Waals surface area contributed by atoms with Gasteiger partial charge in [0.05, 0.1) is 22.4 Å². The summed E-state index contributed by atoms with van der Waals surface area (Å²) >= 11 is 14.1. The highest BCUT2D eigenvalue weighted by atomic mass is 35.5. The fourth-order valence-corrected chi connectivity index (χ4v) is 5.82. The SMILES string of the molecule is CC(C)(C)OC(=O)CC(SC(=N)C(C)(C)c1c(Cl)cc(-n2ncc(=O)[nH]c2=O)cc1Cl)C(=O)c1ccccc1. The molecule has 0 saturated heterocycles. The number of carbonyl (C=O) groups is 2. The second-order valence-corrected chi connectivity index (χ2v) is 12.2. The lowest BCUT2D eigenvalue weighted by Gasteiger charge is -2.30. The molecule has 0 aliphatic rings. The van der Waals surface area contributed by atoms with Crippen molar-refractivity contribution in [3.05, 3.63) is 90.7 Å². The van der Waals surface area contributed by atoms with E-state index < -0.39 is 33.5 Å². The van der Waals surface area contributed by atoms with Crippen molar-refractivity contribution in [3.8, 4) is 5.69 Å². The molecular formula is C27H28Cl2N4O5S. The summed E-state index contributed by atoms with van der Waals surface area (Å²) in [7, 11) is 0. The summed E-state index contributed by atoms with van der Waals surface area (Å²) in [4.78, 5) is 51.7. The molecule has 0 spiro atoms. The van der Waals surface area contributed by atoms with Crippen LogP contribution in [0.1, 0.15) is 57.0 Å². The van der Waals surface area contributed by atoms with E-state index in [1.54, 1.807) is 65.0 Å². The Morgan fingerprint density at radius 2 is 1.67 bits per heavy atom. The molecule has 1 atom stereocenters. The molecule has 9 nitrogen and oxygen atoms in total. The summed E-state index contributed by atoms with van der Waals surface area (Å²) in [5, 5.41) is 12.1. The molecule has 39 heavy (non-hydrogen) atoms. The van der Waals surface area contributed by atoms with Crippen LogP contribution in [0.5, 0.6) is 0 Å². The van der Waals surface area contributed by atoms with Crippen LogP contribution < -0.4 is 11.2 Å². The molecule has 1 heterocycles. The number of ketones is 1. The van der Waals surface area contributed by atoms with Crippen LogP contribution in [-0.4, -0.2) is 42.4 Å². The maximum atomic E-state index is 13.4. The number of hydrogen-bond acceptors (Lipinski definition) is 8. The molecule has 2 aromatic carbocycles. The Bertz CT molecular complexity index is 1500. The summed E-state index contributed by atoms with van der Waals surface area (Å²) in [6.07, 6.45) is 0.706. The van der Waals surface area contributed by atoms with E-state index in [0.717, 1.165) is 22.6 Å². The number of esters is 1. The van der Waals surface area contributed by atoms with Crippen LogP contribution in [0.3, 0.4) is 0 Å². The Morgan fingerprint density at radius 1 is 1.08 bits per heavy atom. The number of hydrogen-bond donors (Lipinski definition) is 2. The number of Topliss-reactive ketones (excluding diaryl/α,β-unsaturated/α-hetero) is 1. The van der Waals surface area contributed by atoms with E-state index in [4.69, 9.17) is 33.3 Å². The minimum Gasteiger partial charge on any atom is -0.460 e. The summed E-state index contributed by atoms with van der Waals surface area (Å²) in [6, 6.07) is 11.4. The van der Waals surface area contributed by atoms with Crippen LogP contribution >= 0.6 is 35.0 Å². The Balaban J connectivity index is 1.95. The van der Waals surface area contributed by atoms with Crippen LogP contribution in [0, 0.1) is 5.41 Å².